The van der Waals surface area contributed by atoms with Crippen molar-refractivity contribution in [1.82, 2.24) is 4.90 Å². The summed E-state index contributed by atoms with van der Waals surface area (Å²) in [6, 6.07) is 0. The number of nitrogens with zero attached hydrogens (tertiary/aromatic N) is 2. The summed E-state index contributed by atoms with van der Waals surface area (Å²) in [5, 5.41) is 10.0. The Balaban J connectivity index is -0.0000000343. The van der Waals surface area contributed by atoms with Crippen molar-refractivity contribution in [2.75, 3.05) is 13.6 Å². The summed E-state index contributed by atoms with van der Waals surface area (Å²) >= 11 is 0. The second-order valence-corrected chi connectivity index (χ2v) is 3.43. The molecule has 0 atom stereocenters. The van der Waals surface area contributed by atoms with E-state index in [9.17, 15) is 14.5 Å². The fraction of sp³-hybridized carbons (Fsp3) is 0.500. The summed E-state index contributed by atoms with van der Waals surface area (Å²) in [7, 11) is -3.40. The number of carbonyl (C=O) groups is 1. The molecule has 0 aliphatic rings. The summed E-state index contributed by atoms with van der Waals surface area (Å²) < 4.78 is 13.0. The molecular formula is C4H21N3NaO11P. The Labute approximate surface area is 135 Å². The standard InChI is InChI=1S/C4H10N3O5P.Na.6H2O/c1-7(2-3(8)9)4(5)6-13(10,11)12;;;;;;;/h2H2,1H3,(H,8,9)(H4,5,6,10,11,12);;6*1H2/q;+1;;;;;;/p-1. The van der Waals surface area contributed by atoms with Gasteiger partial charge in [-0.1, -0.05) is 0 Å². The van der Waals surface area contributed by atoms with Crippen LogP contribution in [0, 0.1) is 0 Å². The van der Waals surface area contributed by atoms with E-state index in [1.54, 1.807) is 0 Å². The summed E-state index contributed by atoms with van der Waals surface area (Å²) in [6.07, 6.45) is 0. The fourth-order valence-electron chi connectivity index (χ4n) is 0.484. The van der Waals surface area contributed by atoms with E-state index < -0.39 is 26.2 Å². The van der Waals surface area contributed by atoms with Gasteiger partial charge in [0, 0.05) is 7.05 Å². The Bertz CT molecular complexity index is 283. The Hall–Kier alpha value is -0.350. The molecule has 0 saturated heterocycles. The quantitative estimate of drug-likeness (QED) is 0.192. The minimum absolute atomic E-state index is 0. The molecule has 16 N–H and O–H groups in total. The van der Waals surface area contributed by atoms with Gasteiger partial charge >= 0.3 is 37.3 Å². The molecule has 0 amide bonds. The molecule has 0 aliphatic carbocycles. The van der Waals surface area contributed by atoms with Crippen LogP contribution in [0.5, 0.6) is 0 Å². The molecule has 14 nitrogen and oxygen atoms in total. The summed E-state index contributed by atoms with van der Waals surface area (Å²) in [5.41, 5.74) is 5.04. The third kappa shape index (κ3) is 30.6. The van der Waals surface area contributed by atoms with Crippen molar-refractivity contribution < 1.29 is 86.7 Å². The van der Waals surface area contributed by atoms with Crippen molar-refractivity contribution in [3.05, 3.63) is 0 Å². The van der Waals surface area contributed by atoms with Crippen LogP contribution in [-0.2, 0) is 9.36 Å². The largest absolute Gasteiger partial charge is 1.00 e. The van der Waals surface area contributed by atoms with Crippen LogP contribution >= 0.6 is 7.75 Å². The molecule has 0 aromatic heterocycles. The number of carbonyl (C=O) groups excluding carboxylic acids is 1. The number of carboxylic acid groups (broad SMARTS) is 1. The zero-order valence-electron chi connectivity index (χ0n) is 10.7. The van der Waals surface area contributed by atoms with Crippen molar-refractivity contribution in [2.45, 2.75) is 0 Å². The van der Waals surface area contributed by atoms with Crippen LogP contribution in [0.3, 0.4) is 0 Å². The van der Waals surface area contributed by atoms with Gasteiger partial charge in [-0.3, -0.25) is 0 Å². The van der Waals surface area contributed by atoms with Gasteiger partial charge in [0.15, 0.2) is 0 Å². The molecular weight excluding hydrogens is 320 g/mol. The molecule has 0 aromatic rings. The Kier molecular flexibility index (Phi) is 52.8. The van der Waals surface area contributed by atoms with Gasteiger partial charge in [0.2, 0.25) is 5.96 Å². The van der Waals surface area contributed by atoms with Crippen LogP contribution in [0.2, 0.25) is 0 Å². The van der Waals surface area contributed by atoms with Crippen molar-refractivity contribution in [2.24, 2.45) is 10.5 Å². The Morgan fingerprint density at radius 2 is 1.50 bits per heavy atom. The van der Waals surface area contributed by atoms with E-state index >= 15 is 0 Å². The molecule has 0 heterocycles. The molecule has 0 aromatic carbocycles. The predicted molar refractivity (Wildman–Crippen MR) is 63.0 cm³/mol. The molecule has 16 heteroatoms. The molecule has 0 aliphatic heterocycles. The summed E-state index contributed by atoms with van der Waals surface area (Å²) in [5.74, 6) is -1.98. The molecule has 124 valence electrons. The number of hydrogen-bond donors (Lipinski definition) is 3. The molecule has 20 heavy (non-hydrogen) atoms. The molecule has 0 radical (unpaired) electrons. The topological polar surface area (TPSA) is 328 Å². The number of rotatable bonds is 3. The van der Waals surface area contributed by atoms with E-state index in [-0.39, 0.29) is 62.4 Å². The fourth-order valence-corrected chi connectivity index (χ4v) is 0.904. The maximum atomic E-state index is 10.3. The zero-order chi connectivity index (χ0) is 10.6. The van der Waals surface area contributed by atoms with E-state index in [0.29, 0.717) is 0 Å². The molecule has 0 unspecified atom stereocenters. The molecule has 0 rings (SSSR count). The van der Waals surface area contributed by atoms with Crippen LogP contribution in [-0.4, -0.2) is 73.1 Å². The third-order valence-corrected chi connectivity index (χ3v) is 1.46. The maximum Gasteiger partial charge on any atom is 1.00 e. The first kappa shape index (κ1) is 50.4. The zero-order valence-corrected chi connectivity index (χ0v) is 13.6. The first-order chi connectivity index (χ1) is 5.72. The second-order valence-electron chi connectivity index (χ2n) is 2.20. The third-order valence-electron chi connectivity index (χ3n) is 0.990. The maximum absolute atomic E-state index is 10.3. The van der Waals surface area contributed by atoms with Gasteiger partial charge in [-0.2, -0.15) is 0 Å². The average Bonchev–Trinajstić information content (AvgIpc) is 1.81. The Morgan fingerprint density at radius 1 is 1.20 bits per heavy atom. The van der Waals surface area contributed by atoms with Gasteiger partial charge in [-0.15, -0.1) is 4.76 Å². The Morgan fingerprint density at radius 3 is 1.70 bits per heavy atom. The van der Waals surface area contributed by atoms with Gasteiger partial charge in [0.05, 0.1) is 12.5 Å². The average molecular weight is 341 g/mol. The number of guanidine groups is 1. The SMILES string of the molecule is CN(CC(=O)[O-])/C(N)=N/P(=O)(O)O.O.O.O.O.O.O.[Na+]. The van der Waals surface area contributed by atoms with E-state index in [0.717, 1.165) is 4.90 Å². The normalized spacial score (nSPS) is 8.25. The number of likely N-dealkylation sites (N-methyl/N-ethyl adjacent to an activating group) is 1. The number of carboxylic acids is 1. The van der Waals surface area contributed by atoms with Crippen LogP contribution in [0.1, 0.15) is 0 Å². The molecule has 0 spiro atoms. The van der Waals surface area contributed by atoms with Gasteiger partial charge in [-0.25, -0.2) is 4.57 Å². The molecule has 0 bridgehead atoms. The van der Waals surface area contributed by atoms with Crippen LogP contribution in [0.4, 0.5) is 0 Å². The second kappa shape index (κ2) is 21.0. The van der Waals surface area contributed by atoms with E-state index in [1.807, 2.05) is 0 Å². The van der Waals surface area contributed by atoms with Crippen molar-refractivity contribution in [3.8, 4) is 0 Å². The predicted octanol–water partition coefficient (Wildman–Crippen LogP) is -10.9. The monoisotopic (exact) mass is 341 g/mol. The number of nitrogens with two attached hydrogens (primary N) is 1. The molecule has 0 fully saturated rings. The van der Waals surface area contributed by atoms with Crippen LogP contribution < -0.4 is 40.4 Å². The van der Waals surface area contributed by atoms with Gasteiger partial charge in [-0.05, 0) is 0 Å². The molecule has 0 saturated carbocycles. The van der Waals surface area contributed by atoms with Gasteiger partial charge in [0.1, 0.15) is 0 Å². The van der Waals surface area contributed by atoms with E-state index in [2.05, 4.69) is 4.76 Å². The van der Waals surface area contributed by atoms with Crippen molar-refractivity contribution in [1.29, 1.82) is 0 Å². The van der Waals surface area contributed by atoms with Gasteiger partial charge < -0.3 is 63.2 Å². The summed E-state index contributed by atoms with van der Waals surface area (Å²) in [6.45, 7) is -0.588. The van der Waals surface area contributed by atoms with Crippen molar-refractivity contribution >= 4 is 19.7 Å². The number of aliphatic carboxylic acids is 1. The van der Waals surface area contributed by atoms with E-state index in [4.69, 9.17) is 15.5 Å². The minimum atomic E-state index is -4.61. The van der Waals surface area contributed by atoms with E-state index in [1.165, 1.54) is 7.05 Å². The number of hydrogen-bond acceptors (Lipinski definition) is 3. The van der Waals surface area contributed by atoms with Crippen molar-refractivity contribution in [3.63, 3.8) is 0 Å². The smallest absolute Gasteiger partial charge is 0.548 e. The minimum Gasteiger partial charge on any atom is -0.548 e. The summed E-state index contributed by atoms with van der Waals surface area (Å²) in [4.78, 5) is 27.5. The van der Waals surface area contributed by atoms with Crippen LogP contribution in [0.25, 0.3) is 0 Å². The van der Waals surface area contributed by atoms with Gasteiger partial charge in [0.25, 0.3) is 0 Å². The van der Waals surface area contributed by atoms with Crippen LogP contribution in [0.15, 0.2) is 4.76 Å². The first-order valence-corrected chi connectivity index (χ1v) is 4.61. The first-order valence-electron chi connectivity index (χ1n) is 3.04.